The van der Waals surface area contributed by atoms with E-state index in [1.807, 2.05) is 31.4 Å². The summed E-state index contributed by atoms with van der Waals surface area (Å²) in [6.45, 7) is 3.15. The molecule has 4 nitrogen and oxygen atoms in total. The normalized spacial score (nSPS) is 11.5. The molecule has 1 aromatic heterocycles. The summed E-state index contributed by atoms with van der Waals surface area (Å²) in [7, 11) is 0. The first kappa shape index (κ1) is 18.2. The van der Waals surface area contributed by atoms with Crippen molar-refractivity contribution in [1.82, 2.24) is 9.88 Å². The maximum absolute atomic E-state index is 12.1. The zero-order valence-corrected chi connectivity index (χ0v) is 13.0. The summed E-state index contributed by atoms with van der Waals surface area (Å²) in [5.74, 6) is 0.922. The van der Waals surface area contributed by atoms with E-state index in [0.717, 1.165) is 17.9 Å². The van der Waals surface area contributed by atoms with E-state index in [9.17, 15) is 4.79 Å². The second-order valence-corrected chi connectivity index (χ2v) is 5.05. The maximum Gasteiger partial charge on any atom is 0.239 e. The van der Waals surface area contributed by atoms with Crippen molar-refractivity contribution < 1.29 is 4.79 Å². The number of nitrogens with two attached hydrogens (primary N) is 1. The van der Waals surface area contributed by atoms with E-state index in [2.05, 4.69) is 4.98 Å². The Balaban J connectivity index is 0.00000324. The molecule has 0 radical (unpaired) electrons. The largest absolute Gasteiger partial charge is 0.336 e. The molecule has 6 heteroatoms. The number of thioether (sulfide) groups is 1. The van der Waals surface area contributed by atoms with Gasteiger partial charge in [-0.1, -0.05) is 6.07 Å². The van der Waals surface area contributed by atoms with Crippen LogP contribution in [0, 0.1) is 0 Å². The lowest BCUT2D eigenvalue weighted by molar-refractivity contribution is -0.133. The summed E-state index contributed by atoms with van der Waals surface area (Å²) in [5, 5.41) is 0. The average Bonchev–Trinajstić information content (AvgIpc) is 2.42. The van der Waals surface area contributed by atoms with Gasteiger partial charge < -0.3 is 10.6 Å². The van der Waals surface area contributed by atoms with E-state index >= 15 is 0 Å². The number of carbonyl (C=O) groups is 1. The Morgan fingerprint density at radius 1 is 1.53 bits per heavy atom. The van der Waals surface area contributed by atoms with Gasteiger partial charge in [-0.25, -0.2) is 0 Å². The monoisotopic (exact) mass is 303 g/mol. The van der Waals surface area contributed by atoms with Crippen LogP contribution in [0.1, 0.15) is 19.0 Å². The smallest absolute Gasteiger partial charge is 0.239 e. The van der Waals surface area contributed by atoms with Crippen molar-refractivity contribution in [2.45, 2.75) is 25.9 Å². The van der Waals surface area contributed by atoms with Crippen LogP contribution < -0.4 is 5.73 Å². The quantitative estimate of drug-likeness (QED) is 0.836. The van der Waals surface area contributed by atoms with Gasteiger partial charge in [-0.2, -0.15) is 11.8 Å². The number of rotatable bonds is 7. The van der Waals surface area contributed by atoms with Gasteiger partial charge in [0.05, 0.1) is 18.3 Å². The predicted molar refractivity (Wildman–Crippen MR) is 83.6 cm³/mol. The van der Waals surface area contributed by atoms with Crippen LogP contribution in [0.15, 0.2) is 24.4 Å². The molecule has 1 aromatic rings. The van der Waals surface area contributed by atoms with Crippen LogP contribution in [0.3, 0.4) is 0 Å². The van der Waals surface area contributed by atoms with Gasteiger partial charge >= 0.3 is 0 Å². The predicted octanol–water partition coefficient (Wildman–Crippen LogP) is 1.93. The first-order valence-electron chi connectivity index (χ1n) is 6.12. The fourth-order valence-corrected chi connectivity index (χ4v) is 2.13. The Bertz CT molecular complexity index is 364. The molecule has 0 aromatic carbocycles. The van der Waals surface area contributed by atoms with Gasteiger partial charge in [-0.05, 0) is 37.5 Å². The minimum absolute atomic E-state index is 0. The molecule has 1 heterocycles. The van der Waals surface area contributed by atoms with Gasteiger partial charge in [-0.3, -0.25) is 9.78 Å². The number of hydrogen-bond donors (Lipinski definition) is 1. The van der Waals surface area contributed by atoms with Crippen molar-refractivity contribution >= 4 is 30.1 Å². The molecule has 19 heavy (non-hydrogen) atoms. The van der Waals surface area contributed by atoms with Crippen LogP contribution in [0.5, 0.6) is 0 Å². The Morgan fingerprint density at radius 3 is 2.79 bits per heavy atom. The van der Waals surface area contributed by atoms with Crippen molar-refractivity contribution in [1.29, 1.82) is 0 Å². The van der Waals surface area contributed by atoms with E-state index < -0.39 is 6.04 Å². The van der Waals surface area contributed by atoms with E-state index in [4.69, 9.17) is 5.73 Å². The van der Waals surface area contributed by atoms with Crippen LogP contribution in [0.2, 0.25) is 0 Å². The molecule has 0 aliphatic heterocycles. The lowest BCUT2D eigenvalue weighted by Crippen LogP contribution is -2.43. The highest BCUT2D eigenvalue weighted by molar-refractivity contribution is 7.98. The Morgan fingerprint density at radius 2 is 2.26 bits per heavy atom. The van der Waals surface area contributed by atoms with Crippen molar-refractivity contribution in [3.63, 3.8) is 0 Å². The summed E-state index contributed by atoms with van der Waals surface area (Å²) >= 11 is 1.71. The molecule has 0 saturated heterocycles. The Hall–Kier alpha value is -0.780. The van der Waals surface area contributed by atoms with Gasteiger partial charge in [0.2, 0.25) is 5.91 Å². The van der Waals surface area contributed by atoms with Gasteiger partial charge in [0.15, 0.2) is 0 Å². The molecule has 0 aliphatic carbocycles. The van der Waals surface area contributed by atoms with Crippen LogP contribution in [0.4, 0.5) is 0 Å². The summed E-state index contributed by atoms with van der Waals surface area (Å²) in [4.78, 5) is 18.1. The van der Waals surface area contributed by atoms with Crippen molar-refractivity contribution in [2.24, 2.45) is 5.73 Å². The summed E-state index contributed by atoms with van der Waals surface area (Å²) in [6, 6.07) is 5.31. The van der Waals surface area contributed by atoms with Crippen LogP contribution >= 0.6 is 24.2 Å². The third-order valence-electron chi connectivity index (χ3n) is 2.72. The Labute approximate surface area is 125 Å². The molecule has 2 N–H and O–H groups in total. The number of nitrogens with zero attached hydrogens (tertiary/aromatic N) is 2. The van der Waals surface area contributed by atoms with Crippen LogP contribution in [0.25, 0.3) is 0 Å². The highest BCUT2D eigenvalue weighted by Crippen LogP contribution is 2.06. The van der Waals surface area contributed by atoms with Crippen LogP contribution in [-0.2, 0) is 11.3 Å². The number of pyridine rings is 1. The second kappa shape index (κ2) is 10.1. The van der Waals surface area contributed by atoms with E-state index in [-0.39, 0.29) is 18.3 Å². The highest BCUT2D eigenvalue weighted by atomic mass is 35.5. The molecule has 1 rings (SSSR count). The van der Waals surface area contributed by atoms with Gasteiger partial charge in [0.25, 0.3) is 0 Å². The molecule has 108 valence electrons. The highest BCUT2D eigenvalue weighted by Gasteiger charge is 2.19. The molecule has 0 unspecified atom stereocenters. The minimum atomic E-state index is -0.402. The molecule has 0 saturated carbocycles. The number of carbonyl (C=O) groups excluding carboxylic acids is 1. The fourth-order valence-electron chi connectivity index (χ4n) is 1.64. The van der Waals surface area contributed by atoms with E-state index in [1.165, 1.54) is 0 Å². The molecule has 0 bridgehead atoms. The van der Waals surface area contributed by atoms with Crippen molar-refractivity contribution in [3.8, 4) is 0 Å². The minimum Gasteiger partial charge on any atom is -0.336 e. The molecule has 1 atom stereocenters. The third-order valence-corrected chi connectivity index (χ3v) is 3.37. The van der Waals surface area contributed by atoms with E-state index in [0.29, 0.717) is 13.1 Å². The summed E-state index contributed by atoms with van der Waals surface area (Å²) in [6.07, 6.45) is 4.47. The number of halogens is 1. The van der Waals surface area contributed by atoms with Gasteiger partial charge in [-0.15, -0.1) is 12.4 Å². The Kier molecular flexibility index (Phi) is 9.65. The lowest BCUT2D eigenvalue weighted by Gasteiger charge is -2.23. The molecule has 0 spiro atoms. The molecule has 0 aliphatic rings. The summed E-state index contributed by atoms with van der Waals surface area (Å²) < 4.78 is 0. The number of aromatic nitrogens is 1. The van der Waals surface area contributed by atoms with Gasteiger partial charge in [0, 0.05) is 12.7 Å². The topological polar surface area (TPSA) is 59.2 Å². The lowest BCUT2D eigenvalue weighted by atomic mass is 10.2. The van der Waals surface area contributed by atoms with Crippen molar-refractivity contribution in [2.75, 3.05) is 18.6 Å². The zero-order valence-electron chi connectivity index (χ0n) is 11.4. The molecule has 0 fully saturated rings. The van der Waals surface area contributed by atoms with Crippen molar-refractivity contribution in [3.05, 3.63) is 30.1 Å². The zero-order chi connectivity index (χ0) is 13.4. The number of likely N-dealkylation sites (N-methyl/N-ethyl adjacent to an activating group) is 1. The number of hydrogen-bond acceptors (Lipinski definition) is 4. The first-order valence-corrected chi connectivity index (χ1v) is 7.51. The third kappa shape index (κ3) is 6.27. The summed E-state index contributed by atoms with van der Waals surface area (Å²) in [5.41, 5.74) is 6.80. The maximum atomic E-state index is 12.1. The standard InChI is InChI=1S/C13H21N3OS.ClH/c1-3-16(10-11-6-4-5-8-15-11)13(17)12(14)7-9-18-2;/h4-6,8,12H,3,7,9-10,14H2,1-2H3;1H/t12-;/m0./s1. The molecular weight excluding hydrogens is 282 g/mol. The average molecular weight is 304 g/mol. The second-order valence-electron chi connectivity index (χ2n) is 4.06. The molecular formula is C13H22ClN3OS. The van der Waals surface area contributed by atoms with E-state index in [1.54, 1.807) is 22.9 Å². The fraction of sp³-hybridized carbons (Fsp3) is 0.538. The van der Waals surface area contributed by atoms with Gasteiger partial charge in [0.1, 0.15) is 0 Å². The first-order chi connectivity index (χ1) is 8.69. The van der Waals surface area contributed by atoms with Crippen LogP contribution in [-0.4, -0.2) is 40.4 Å². The SMILES string of the molecule is CCN(Cc1ccccn1)C(=O)[C@@H](N)CCSC.Cl. The molecule has 1 amide bonds. The number of amides is 1.